The van der Waals surface area contributed by atoms with Gasteiger partial charge < -0.3 is 15.5 Å². The minimum absolute atomic E-state index is 0.0959. The number of benzene rings is 2. The zero-order valence-electron chi connectivity index (χ0n) is 14.7. The molecule has 0 spiro atoms. The normalized spacial score (nSPS) is 11.7. The molecule has 7 heteroatoms. The van der Waals surface area contributed by atoms with E-state index in [1.807, 2.05) is 30.3 Å². The first-order valence-electron chi connectivity index (χ1n) is 8.37. The van der Waals surface area contributed by atoms with E-state index in [9.17, 15) is 19.8 Å². The Labute approximate surface area is 155 Å². The van der Waals surface area contributed by atoms with Crippen LogP contribution >= 0.6 is 0 Å². The molecule has 3 N–H and O–H groups in total. The number of carboxylic acids is 1. The number of phenolic OH excluding ortho intramolecular Hbond substituents is 1. The van der Waals surface area contributed by atoms with E-state index in [0.29, 0.717) is 16.8 Å². The SMILES string of the molecule is Cc1c(C(=O)NC(Cc2ccc(O)cc2)C(=O)O)cnn1-c1ccccc1. The summed E-state index contributed by atoms with van der Waals surface area (Å²) in [7, 11) is 0. The first kappa shape index (κ1) is 18.2. The largest absolute Gasteiger partial charge is 0.508 e. The number of carbonyl (C=O) groups excluding carboxylic acids is 1. The molecule has 1 aromatic heterocycles. The smallest absolute Gasteiger partial charge is 0.326 e. The molecule has 138 valence electrons. The van der Waals surface area contributed by atoms with Gasteiger partial charge >= 0.3 is 5.97 Å². The van der Waals surface area contributed by atoms with Crippen LogP contribution in [0.25, 0.3) is 5.69 Å². The molecule has 0 radical (unpaired) electrons. The molecule has 1 unspecified atom stereocenters. The maximum absolute atomic E-state index is 12.6. The second kappa shape index (κ2) is 7.74. The minimum atomic E-state index is -1.13. The number of aromatic nitrogens is 2. The highest BCUT2D eigenvalue weighted by Gasteiger charge is 2.23. The van der Waals surface area contributed by atoms with E-state index in [4.69, 9.17) is 0 Å². The third-order valence-electron chi connectivity index (χ3n) is 4.23. The first-order chi connectivity index (χ1) is 13.0. The molecule has 7 nitrogen and oxygen atoms in total. The summed E-state index contributed by atoms with van der Waals surface area (Å²) in [5.74, 6) is -1.54. The molecule has 0 bridgehead atoms. The zero-order chi connectivity index (χ0) is 19.4. The Morgan fingerprint density at radius 3 is 2.41 bits per heavy atom. The summed E-state index contributed by atoms with van der Waals surface area (Å²) in [6.07, 6.45) is 1.53. The molecule has 0 fully saturated rings. The Bertz CT molecular complexity index is 949. The van der Waals surface area contributed by atoms with Crippen LogP contribution in [0.1, 0.15) is 21.6 Å². The van der Waals surface area contributed by atoms with Crippen molar-refractivity contribution >= 4 is 11.9 Å². The monoisotopic (exact) mass is 365 g/mol. The lowest BCUT2D eigenvalue weighted by molar-refractivity contribution is -0.139. The molecule has 1 amide bonds. The number of aliphatic carboxylic acids is 1. The van der Waals surface area contributed by atoms with Crippen LogP contribution in [0.3, 0.4) is 0 Å². The maximum atomic E-state index is 12.6. The number of carbonyl (C=O) groups is 2. The van der Waals surface area contributed by atoms with Crippen molar-refractivity contribution in [3.05, 3.63) is 77.6 Å². The van der Waals surface area contributed by atoms with Crippen LogP contribution in [-0.2, 0) is 11.2 Å². The highest BCUT2D eigenvalue weighted by molar-refractivity contribution is 5.97. The predicted octanol–water partition coefficient (Wildman–Crippen LogP) is 2.31. The topological polar surface area (TPSA) is 104 Å². The van der Waals surface area contributed by atoms with Crippen LogP contribution in [0.4, 0.5) is 0 Å². The molecule has 1 heterocycles. The molecule has 1 atom stereocenters. The van der Waals surface area contributed by atoms with Crippen LogP contribution in [0.5, 0.6) is 5.75 Å². The Morgan fingerprint density at radius 2 is 1.78 bits per heavy atom. The van der Waals surface area contributed by atoms with E-state index in [1.54, 1.807) is 23.7 Å². The van der Waals surface area contributed by atoms with E-state index in [2.05, 4.69) is 10.4 Å². The van der Waals surface area contributed by atoms with Gasteiger partial charge in [0, 0.05) is 6.42 Å². The summed E-state index contributed by atoms with van der Waals surface area (Å²) in [6, 6.07) is 14.5. The third kappa shape index (κ3) is 4.14. The Kier molecular flexibility index (Phi) is 5.21. The van der Waals surface area contributed by atoms with E-state index >= 15 is 0 Å². The summed E-state index contributed by atoms with van der Waals surface area (Å²) in [5, 5.41) is 25.6. The number of amides is 1. The first-order valence-corrected chi connectivity index (χ1v) is 8.37. The highest BCUT2D eigenvalue weighted by atomic mass is 16.4. The Hall–Kier alpha value is -3.61. The van der Waals surface area contributed by atoms with Crippen molar-refractivity contribution in [1.29, 1.82) is 0 Å². The van der Waals surface area contributed by atoms with Gasteiger partial charge in [0.1, 0.15) is 11.8 Å². The van der Waals surface area contributed by atoms with Crippen molar-refractivity contribution in [2.45, 2.75) is 19.4 Å². The fourth-order valence-electron chi connectivity index (χ4n) is 2.77. The van der Waals surface area contributed by atoms with Gasteiger partial charge in [-0.15, -0.1) is 0 Å². The summed E-state index contributed by atoms with van der Waals surface area (Å²) in [6.45, 7) is 1.75. The number of nitrogens with zero attached hydrogens (tertiary/aromatic N) is 2. The van der Waals surface area contributed by atoms with Crippen molar-refractivity contribution in [1.82, 2.24) is 15.1 Å². The van der Waals surface area contributed by atoms with Gasteiger partial charge in [-0.2, -0.15) is 5.10 Å². The fraction of sp³-hybridized carbons (Fsp3) is 0.150. The molecule has 0 saturated heterocycles. The van der Waals surface area contributed by atoms with Gasteiger partial charge in [-0.05, 0) is 36.8 Å². The molecule has 3 aromatic rings. The molecule has 27 heavy (non-hydrogen) atoms. The van der Waals surface area contributed by atoms with Gasteiger partial charge in [0.05, 0.1) is 23.1 Å². The predicted molar refractivity (Wildman–Crippen MR) is 99.0 cm³/mol. The van der Waals surface area contributed by atoms with E-state index in [-0.39, 0.29) is 12.2 Å². The van der Waals surface area contributed by atoms with Crippen molar-refractivity contribution < 1.29 is 19.8 Å². The number of hydrogen-bond acceptors (Lipinski definition) is 4. The molecule has 0 aliphatic rings. The van der Waals surface area contributed by atoms with Crippen LogP contribution in [0.15, 0.2) is 60.8 Å². The average Bonchev–Trinajstić information content (AvgIpc) is 3.05. The molecule has 2 aromatic carbocycles. The number of carboxylic acid groups (broad SMARTS) is 1. The van der Waals surface area contributed by atoms with Crippen LogP contribution in [-0.4, -0.2) is 37.9 Å². The lowest BCUT2D eigenvalue weighted by atomic mass is 10.1. The van der Waals surface area contributed by atoms with Crippen molar-refractivity contribution in [3.8, 4) is 11.4 Å². The number of nitrogens with one attached hydrogen (secondary N) is 1. The summed E-state index contributed by atoms with van der Waals surface area (Å²) >= 11 is 0. The number of rotatable bonds is 6. The molecule has 0 aliphatic heterocycles. The number of hydrogen-bond donors (Lipinski definition) is 3. The average molecular weight is 365 g/mol. The maximum Gasteiger partial charge on any atom is 0.326 e. The second-order valence-electron chi connectivity index (χ2n) is 6.13. The zero-order valence-corrected chi connectivity index (χ0v) is 14.7. The molecule has 0 saturated carbocycles. The molecular weight excluding hydrogens is 346 g/mol. The van der Waals surface area contributed by atoms with Crippen LogP contribution < -0.4 is 5.32 Å². The Balaban J connectivity index is 1.77. The van der Waals surface area contributed by atoms with Gasteiger partial charge in [0.15, 0.2) is 0 Å². The van der Waals surface area contributed by atoms with E-state index in [1.165, 1.54) is 18.3 Å². The lowest BCUT2D eigenvalue weighted by Gasteiger charge is -2.14. The Morgan fingerprint density at radius 1 is 1.11 bits per heavy atom. The lowest BCUT2D eigenvalue weighted by Crippen LogP contribution is -2.42. The van der Waals surface area contributed by atoms with Crippen molar-refractivity contribution in [2.75, 3.05) is 0 Å². The number of phenols is 1. The standard InChI is InChI=1S/C20H19N3O4/c1-13-17(12-21-23(13)15-5-3-2-4-6-15)19(25)22-18(20(26)27)11-14-7-9-16(24)10-8-14/h2-10,12,18,24H,11H2,1H3,(H,22,25)(H,26,27). The number of para-hydroxylation sites is 1. The van der Waals surface area contributed by atoms with Crippen LogP contribution in [0.2, 0.25) is 0 Å². The fourth-order valence-corrected chi connectivity index (χ4v) is 2.77. The summed E-state index contributed by atoms with van der Waals surface area (Å²) in [5.41, 5.74) is 2.44. The van der Waals surface area contributed by atoms with Gasteiger partial charge in [-0.3, -0.25) is 4.79 Å². The quantitative estimate of drug-likeness (QED) is 0.622. The van der Waals surface area contributed by atoms with Gasteiger partial charge in [0.25, 0.3) is 5.91 Å². The summed E-state index contributed by atoms with van der Waals surface area (Å²) in [4.78, 5) is 24.2. The molecule has 3 rings (SSSR count). The van der Waals surface area contributed by atoms with Gasteiger partial charge in [-0.25, -0.2) is 9.48 Å². The molecular formula is C20H19N3O4. The molecule has 0 aliphatic carbocycles. The minimum Gasteiger partial charge on any atom is -0.508 e. The van der Waals surface area contributed by atoms with Gasteiger partial charge in [-0.1, -0.05) is 30.3 Å². The van der Waals surface area contributed by atoms with E-state index < -0.39 is 17.9 Å². The van der Waals surface area contributed by atoms with Crippen LogP contribution in [0, 0.1) is 6.92 Å². The summed E-state index contributed by atoms with van der Waals surface area (Å²) < 4.78 is 1.63. The third-order valence-corrected chi connectivity index (χ3v) is 4.23. The van der Waals surface area contributed by atoms with Crippen molar-refractivity contribution in [3.63, 3.8) is 0 Å². The van der Waals surface area contributed by atoms with Gasteiger partial charge in [0.2, 0.25) is 0 Å². The number of aromatic hydroxyl groups is 1. The highest BCUT2D eigenvalue weighted by Crippen LogP contribution is 2.15. The second-order valence-corrected chi connectivity index (χ2v) is 6.13. The van der Waals surface area contributed by atoms with Crippen molar-refractivity contribution in [2.24, 2.45) is 0 Å². The van der Waals surface area contributed by atoms with E-state index in [0.717, 1.165) is 5.69 Å².